The summed E-state index contributed by atoms with van der Waals surface area (Å²) in [5.74, 6) is -0.745. The number of hydrogen-bond acceptors (Lipinski definition) is 5. The maximum absolute atomic E-state index is 11.9. The molecular formula is C15H11Cl2N5O2S. The molecule has 0 bridgehead atoms. The van der Waals surface area contributed by atoms with Gasteiger partial charge in [-0.05, 0) is 30.3 Å². The molecule has 3 rings (SSSR count). The zero-order valence-electron chi connectivity index (χ0n) is 12.5. The fourth-order valence-corrected chi connectivity index (χ4v) is 2.85. The third-order valence-electron chi connectivity index (χ3n) is 3.04. The van der Waals surface area contributed by atoms with Crippen molar-refractivity contribution < 1.29 is 9.59 Å². The number of hydrogen-bond donors (Lipinski definition) is 3. The first-order valence-corrected chi connectivity index (χ1v) is 8.74. The normalized spacial score (nSPS) is 10.6. The summed E-state index contributed by atoms with van der Waals surface area (Å²) in [5.41, 5.74) is 6.26. The van der Waals surface area contributed by atoms with Gasteiger partial charge in [-0.3, -0.25) is 20.4 Å². The van der Waals surface area contributed by atoms with Crippen molar-refractivity contribution in [2.45, 2.75) is 5.16 Å². The zero-order chi connectivity index (χ0) is 17.8. The van der Waals surface area contributed by atoms with E-state index in [1.54, 1.807) is 30.3 Å². The van der Waals surface area contributed by atoms with Crippen LogP contribution in [0.4, 0.5) is 0 Å². The minimum atomic E-state index is -0.433. The van der Waals surface area contributed by atoms with E-state index < -0.39 is 5.91 Å². The number of imidazole rings is 1. The highest BCUT2D eigenvalue weighted by molar-refractivity contribution is 7.99. The molecule has 2 heterocycles. The van der Waals surface area contributed by atoms with Crippen LogP contribution in [0, 0.1) is 0 Å². The number of aromatic nitrogens is 3. The molecule has 7 nitrogen and oxygen atoms in total. The van der Waals surface area contributed by atoms with Gasteiger partial charge in [0.25, 0.3) is 5.91 Å². The quantitative estimate of drug-likeness (QED) is 0.465. The molecule has 0 saturated heterocycles. The number of fused-ring (bicyclic) bond motifs is 1. The number of rotatable bonds is 4. The van der Waals surface area contributed by atoms with Crippen LogP contribution in [0.25, 0.3) is 11.2 Å². The Hall–Kier alpha value is -2.29. The van der Waals surface area contributed by atoms with Crippen molar-refractivity contribution in [2.24, 2.45) is 0 Å². The summed E-state index contributed by atoms with van der Waals surface area (Å²) in [5, 5.41) is 1.55. The lowest BCUT2D eigenvalue weighted by Gasteiger charge is -2.06. The molecule has 0 aliphatic heterocycles. The minimum Gasteiger partial charge on any atom is -0.331 e. The first kappa shape index (κ1) is 17.5. The lowest BCUT2D eigenvalue weighted by atomic mass is 10.2. The molecule has 0 spiro atoms. The Kier molecular flexibility index (Phi) is 5.42. The van der Waals surface area contributed by atoms with E-state index in [0.29, 0.717) is 31.9 Å². The number of hydrazine groups is 1. The van der Waals surface area contributed by atoms with Gasteiger partial charge in [0.15, 0.2) is 10.8 Å². The molecule has 0 saturated carbocycles. The summed E-state index contributed by atoms with van der Waals surface area (Å²) < 4.78 is 0. The Morgan fingerprint density at radius 2 is 1.88 bits per heavy atom. The van der Waals surface area contributed by atoms with Gasteiger partial charge in [0.2, 0.25) is 5.91 Å². The fraction of sp³-hybridized carbons (Fsp3) is 0.0667. The van der Waals surface area contributed by atoms with Gasteiger partial charge in [-0.15, -0.1) is 0 Å². The SMILES string of the molecule is O=C(CSc1nc2ncc(Cl)cc2[nH]1)NNC(=O)c1ccc(Cl)cc1. The highest BCUT2D eigenvalue weighted by atomic mass is 35.5. The first-order valence-electron chi connectivity index (χ1n) is 7.00. The number of carbonyl (C=O) groups excluding carboxylic acids is 2. The van der Waals surface area contributed by atoms with Crippen LogP contribution in [0.3, 0.4) is 0 Å². The second-order valence-corrected chi connectivity index (χ2v) is 6.70. The standard InChI is InChI=1S/C15H11Cl2N5O2S/c16-9-3-1-8(2-4-9)14(24)22-21-12(23)7-25-15-19-11-5-10(17)6-18-13(11)20-15/h1-6H,7H2,(H,21,23)(H,22,24)(H,18,19,20). The Morgan fingerprint density at radius 1 is 1.12 bits per heavy atom. The van der Waals surface area contributed by atoms with E-state index >= 15 is 0 Å². The third kappa shape index (κ3) is 4.62. The summed E-state index contributed by atoms with van der Waals surface area (Å²) in [6, 6.07) is 8.01. The van der Waals surface area contributed by atoms with Crippen molar-refractivity contribution in [3.63, 3.8) is 0 Å². The number of H-pyrrole nitrogens is 1. The fourth-order valence-electron chi connectivity index (χ4n) is 1.89. The topological polar surface area (TPSA) is 99.8 Å². The Morgan fingerprint density at radius 3 is 2.64 bits per heavy atom. The summed E-state index contributed by atoms with van der Waals surface area (Å²) in [6.07, 6.45) is 1.50. The maximum Gasteiger partial charge on any atom is 0.269 e. The lowest BCUT2D eigenvalue weighted by Crippen LogP contribution is -2.42. The number of nitrogens with zero attached hydrogens (tertiary/aromatic N) is 2. The van der Waals surface area contributed by atoms with E-state index in [9.17, 15) is 9.59 Å². The molecular weight excluding hydrogens is 385 g/mol. The van der Waals surface area contributed by atoms with Gasteiger partial charge in [-0.2, -0.15) is 0 Å². The smallest absolute Gasteiger partial charge is 0.269 e. The molecule has 0 aliphatic rings. The van der Waals surface area contributed by atoms with Gasteiger partial charge in [0.05, 0.1) is 16.3 Å². The molecule has 2 aromatic heterocycles. The molecule has 3 aromatic rings. The van der Waals surface area contributed by atoms with Crippen LogP contribution in [0.2, 0.25) is 10.0 Å². The summed E-state index contributed by atoms with van der Waals surface area (Å²) in [6.45, 7) is 0. The summed E-state index contributed by atoms with van der Waals surface area (Å²) in [7, 11) is 0. The number of aromatic amines is 1. The van der Waals surface area contributed by atoms with Crippen LogP contribution in [-0.2, 0) is 4.79 Å². The number of nitrogens with one attached hydrogen (secondary N) is 3. The molecule has 0 unspecified atom stereocenters. The molecule has 0 radical (unpaired) electrons. The number of benzene rings is 1. The predicted octanol–water partition coefficient (Wildman–Crippen LogP) is 2.82. The van der Waals surface area contributed by atoms with Crippen molar-refractivity contribution in [2.75, 3.05) is 5.75 Å². The van der Waals surface area contributed by atoms with Crippen molar-refractivity contribution in [3.05, 3.63) is 52.1 Å². The second-order valence-electron chi connectivity index (χ2n) is 4.86. The van der Waals surface area contributed by atoms with Crippen molar-refractivity contribution in [1.29, 1.82) is 0 Å². The van der Waals surface area contributed by atoms with E-state index in [1.165, 1.54) is 18.0 Å². The number of carbonyl (C=O) groups is 2. The predicted molar refractivity (Wildman–Crippen MR) is 96.7 cm³/mol. The minimum absolute atomic E-state index is 0.0639. The molecule has 10 heteroatoms. The van der Waals surface area contributed by atoms with Crippen molar-refractivity contribution in [3.8, 4) is 0 Å². The van der Waals surface area contributed by atoms with Crippen molar-refractivity contribution >= 4 is 57.9 Å². The Balaban J connectivity index is 1.50. The molecule has 0 fully saturated rings. The van der Waals surface area contributed by atoms with Gasteiger partial charge < -0.3 is 4.98 Å². The summed E-state index contributed by atoms with van der Waals surface area (Å²) in [4.78, 5) is 35.0. The van der Waals surface area contributed by atoms with Crippen LogP contribution in [-0.4, -0.2) is 32.5 Å². The molecule has 1 aromatic carbocycles. The average Bonchev–Trinajstić information content (AvgIpc) is 3.00. The number of thioether (sulfide) groups is 1. The van der Waals surface area contributed by atoms with Gasteiger partial charge in [-0.25, -0.2) is 9.97 Å². The van der Waals surface area contributed by atoms with Crippen molar-refractivity contribution in [1.82, 2.24) is 25.8 Å². The first-order chi connectivity index (χ1) is 12.0. The third-order valence-corrected chi connectivity index (χ3v) is 4.38. The number of halogens is 2. The second kappa shape index (κ2) is 7.73. The molecule has 3 N–H and O–H groups in total. The number of amides is 2. The summed E-state index contributed by atoms with van der Waals surface area (Å²) >= 11 is 12.8. The maximum atomic E-state index is 11.9. The van der Waals surface area contributed by atoms with Crippen LogP contribution < -0.4 is 10.9 Å². The molecule has 2 amide bonds. The van der Waals surface area contributed by atoms with Crippen LogP contribution in [0.5, 0.6) is 0 Å². The van der Waals surface area contributed by atoms with Gasteiger partial charge in [0.1, 0.15) is 0 Å². The van der Waals surface area contributed by atoms with E-state index in [4.69, 9.17) is 23.2 Å². The van der Waals surface area contributed by atoms with Gasteiger partial charge >= 0.3 is 0 Å². The molecule has 0 atom stereocenters. The molecule has 0 aliphatic carbocycles. The average molecular weight is 396 g/mol. The van der Waals surface area contributed by atoms with Gasteiger partial charge in [-0.1, -0.05) is 35.0 Å². The highest BCUT2D eigenvalue weighted by Gasteiger charge is 2.10. The molecule has 25 heavy (non-hydrogen) atoms. The largest absolute Gasteiger partial charge is 0.331 e. The van der Waals surface area contributed by atoms with E-state index in [-0.39, 0.29) is 11.7 Å². The Labute approximate surface area is 156 Å². The zero-order valence-corrected chi connectivity index (χ0v) is 14.9. The monoisotopic (exact) mass is 395 g/mol. The van der Waals surface area contributed by atoms with E-state index in [1.807, 2.05) is 0 Å². The van der Waals surface area contributed by atoms with E-state index in [2.05, 4.69) is 25.8 Å². The van der Waals surface area contributed by atoms with Crippen LogP contribution in [0.1, 0.15) is 10.4 Å². The highest BCUT2D eigenvalue weighted by Crippen LogP contribution is 2.20. The van der Waals surface area contributed by atoms with Crippen LogP contribution in [0.15, 0.2) is 41.7 Å². The molecule has 128 valence electrons. The van der Waals surface area contributed by atoms with E-state index in [0.717, 1.165) is 0 Å². The van der Waals surface area contributed by atoms with Gasteiger partial charge in [0, 0.05) is 16.8 Å². The number of pyridine rings is 1. The Bertz CT molecular complexity index is 929. The lowest BCUT2D eigenvalue weighted by molar-refractivity contribution is -0.119. The van der Waals surface area contributed by atoms with Crippen LogP contribution >= 0.6 is 35.0 Å².